The van der Waals surface area contributed by atoms with Crippen LogP contribution >= 0.6 is 11.6 Å². The predicted octanol–water partition coefficient (Wildman–Crippen LogP) is 0.835. The molecule has 0 rings (SSSR count). The van der Waals surface area contributed by atoms with Crippen molar-refractivity contribution in [2.24, 2.45) is 0 Å². The molecule has 0 bridgehead atoms. The van der Waals surface area contributed by atoms with Crippen LogP contribution in [0.5, 0.6) is 0 Å². The van der Waals surface area contributed by atoms with Crippen LogP contribution < -0.4 is 0 Å². The van der Waals surface area contributed by atoms with E-state index in [9.17, 15) is 9.59 Å². The number of carbonyl (C=O) groups is 2. The molecule has 0 fully saturated rings. The van der Waals surface area contributed by atoms with Gasteiger partial charge in [0.05, 0.1) is 11.3 Å². The van der Waals surface area contributed by atoms with Gasteiger partial charge in [-0.2, -0.15) is 0 Å². The molecule has 4 nitrogen and oxygen atoms in total. The summed E-state index contributed by atoms with van der Waals surface area (Å²) in [7, 11) is 0. The van der Waals surface area contributed by atoms with Crippen molar-refractivity contribution in [1.29, 1.82) is 0 Å². The lowest BCUT2D eigenvalue weighted by molar-refractivity contribution is -0.146. The summed E-state index contributed by atoms with van der Waals surface area (Å²) < 4.78 is 0. The maximum atomic E-state index is 10.4. The normalized spacial score (nSPS) is 11.9. The SMILES string of the molecule is O=C(O)C(=O)/C(Cl)=C/C=C/O. The average Bonchev–Trinajstić information content (AvgIpc) is 1.98. The number of rotatable bonds is 3. The van der Waals surface area contributed by atoms with Crippen LogP contribution in [0.3, 0.4) is 0 Å². The van der Waals surface area contributed by atoms with Gasteiger partial charge in [-0.1, -0.05) is 11.6 Å². The minimum Gasteiger partial charge on any atom is -0.516 e. The van der Waals surface area contributed by atoms with Gasteiger partial charge in [0, 0.05) is 0 Å². The standard InChI is InChI=1S/C6H5ClO4/c7-4(2-1-3-8)5(9)6(10)11/h1-3,8H,(H,10,11)/b3-1+,4-2-. The van der Waals surface area contributed by atoms with Gasteiger partial charge in [-0.3, -0.25) is 4.79 Å². The van der Waals surface area contributed by atoms with E-state index >= 15 is 0 Å². The number of halogens is 1. The smallest absolute Gasteiger partial charge is 0.378 e. The number of carbonyl (C=O) groups excluding carboxylic acids is 1. The van der Waals surface area contributed by atoms with E-state index in [1.165, 1.54) is 0 Å². The minimum atomic E-state index is -1.63. The van der Waals surface area contributed by atoms with E-state index in [0.717, 1.165) is 12.2 Å². The molecule has 0 aliphatic rings. The highest BCUT2D eigenvalue weighted by Crippen LogP contribution is 2.02. The van der Waals surface area contributed by atoms with Gasteiger partial charge in [-0.25, -0.2) is 4.79 Å². The number of hydrogen-bond donors (Lipinski definition) is 2. The third kappa shape index (κ3) is 3.42. The number of ketones is 1. The highest BCUT2D eigenvalue weighted by atomic mass is 35.5. The molecule has 0 saturated carbocycles. The number of aliphatic carboxylic acids is 1. The Labute approximate surface area is 67.4 Å². The Bertz CT molecular complexity index is 229. The summed E-state index contributed by atoms with van der Waals surface area (Å²) in [6.45, 7) is 0. The highest BCUT2D eigenvalue weighted by Gasteiger charge is 2.14. The van der Waals surface area contributed by atoms with Gasteiger partial charge < -0.3 is 10.2 Å². The van der Waals surface area contributed by atoms with Crippen LogP contribution in [0.25, 0.3) is 0 Å². The van der Waals surface area contributed by atoms with Crippen LogP contribution in [0.15, 0.2) is 23.4 Å². The van der Waals surface area contributed by atoms with E-state index in [0.29, 0.717) is 6.26 Å². The van der Waals surface area contributed by atoms with Gasteiger partial charge in [0.15, 0.2) is 0 Å². The largest absolute Gasteiger partial charge is 0.516 e. The molecule has 0 atom stereocenters. The first kappa shape index (κ1) is 9.71. The van der Waals surface area contributed by atoms with E-state index in [-0.39, 0.29) is 0 Å². The number of Topliss-reactive ketones (excluding diaryl/α,β-unsaturated/α-hetero) is 1. The van der Waals surface area contributed by atoms with Crippen molar-refractivity contribution in [2.75, 3.05) is 0 Å². The van der Waals surface area contributed by atoms with Crippen molar-refractivity contribution >= 4 is 23.4 Å². The Hall–Kier alpha value is -1.29. The lowest BCUT2D eigenvalue weighted by Gasteiger charge is -1.87. The lowest BCUT2D eigenvalue weighted by atomic mass is 10.3. The van der Waals surface area contributed by atoms with Gasteiger partial charge in [0.1, 0.15) is 0 Å². The summed E-state index contributed by atoms with van der Waals surface area (Å²) in [6.07, 6.45) is 2.67. The summed E-state index contributed by atoms with van der Waals surface area (Å²) in [6, 6.07) is 0. The maximum Gasteiger partial charge on any atom is 0.378 e. The number of allylic oxidation sites excluding steroid dienone is 2. The lowest BCUT2D eigenvalue weighted by Crippen LogP contribution is -2.11. The van der Waals surface area contributed by atoms with Gasteiger partial charge in [0.2, 0.25) is 0 Å². The third-order valence-corrected chi connectivity index (χ3v) is 1.04. The molecule has 0 saturated heterocycles. The number of aliphatic hydroxyl groups excluding tert-OH is 1. The molecule has 0 aliphatic carbocycles. The molecule has 0 unspecified atom stereocenters. The first-order chi connectivity index (χ1) is 5.09. The molecule has 0 aromatic rings. The minimum absolute atomic E-state index is 0.456. The molecule has 0 aliphatic heterocycles. The van der Waals surface area contributed by atoms with Gasteiger partial charge in [-0.15, -0.1) is 0 Å². The summed E-state index contributed by atoms with van der Waals surface area (Å²) in [4.78, 5) is 20.4. The van der Waals surface area contributed by atoms with E-state index in [4.69, 9.17) is 21.8 Å². The zero-order valence-electron chi connectivity index (χ0n) is 5.32. The number of hydrogen-bond acceptors (Lipinski definition) is 3. The Balaban J connectivity index is 4.36. The second-order valence-corrected chi connectivity index (χ2v) is 1.90. The monoisotopic (exact) mass is 176 g/mol. The van der Waals surface area contributed by atoms with Crippen molar-refractivity contribution in [3.8, 4) is 0 Å². The summed E-state index contributed by atoms with van der Waals surface area (Å²) in [5, 5.41) is 15.7. The molecule has 0 spiro atoms. The Kier molecular flexibility index (Phi) is 3.98. The second-order valence-electron chi connectivity index (χ2n) is 1.49. The quantitative estimate of drug-likeness (QED) is 0.289. The summed E-state index contributed by atoms with van der Waals surface area (Å²) >= 11 is 5.17. The molecule has 60 valence electrons. The third-order valence-electron chi connectivity index (χ3n) is 0.740. The number of aliphatic hydroxyl groups is 1. The number of carboxylic acids is 1. The van der Waals surface area contributed by atoms with Gasteiger partial charge in [-0.05, 0) is 12.2 Å². The Morgan fingerprint density at radius 2 is 1.91 bits per heavy atom. The molecule has 11 heavy (non-hydrogen) atoms. The Morgan fingerprint density at radius 3 is 2.27 bits per heavy atom. The first-order valence-electron chi connectivity index (χ1n) is 2.53. The van der Waals surface area contributed by atoms with Crippen molar-refractivity contribution < 1.29 is 19.8 Å². The molecule has 2 N–H and O–H groups in total. The van der Waals surface area contributed by atoms with E-state index in [1.54, 1.807) is 0 Å². The van der Waals surface area contributed by atoms with Crippen molar-refractivity contribution in [2.45, 2.75) is 0 Å². The van der Waals surface area contributed by atoms with Crippen LogP contribution in [-0.2, 0) is 9.59 Å². The average molecular weight is 177 g/mol. The van der Waals surface area contributed by atoms with Crippen LogP contribution in [0.2, 0.25) is 0 Å². The van der Waals surface area contributed by atoms with Gasteiger partial charge >= 0.3 is 5.97 Å². The maximum absolute atomic E-state index is 10.4. The van der Waals surface area contributed by atoms with Crippen molar-refractivity contribution in [3.63, 3.8) is 0 Å². The first-order valence-corrected chi connectivity index (χ1v) is 2.91. The zero-order chi connectivity index (χ0) is 8.85. The van der Waals surface area contributed by atoms with Crippen LogP contribution in [0.1, 0.15) is 0 Å². The molecule has 0 aromatic carbocycles. The van der Waals surface area contributed by atoms with Crippen molar-refractivity contribution in [3.05, 3.63) is 23.4 Å². The van der Waals surface area contributed by atoms with Crippen LogP contribution in [0, 0.1) is 0 Å². The topological polar surface area (TPSA) is 74.6 Å². The fourth-order valence-corrected chi connectivity index (χ4v) is 0.459. The number of carboxylic acid groups (broad SMARTS) is 1. The van der Waals surface area contributed by atoms with Gasteiger partial charge in [0.25, 0.3) is 5.78 Å². The molecule has 5 heteroatoms. The molecular weight excluding hydrogens is 172 g/mol. The fraction of sp³-hybridized carbons (Fsp3) is 0. The predicted molar refractivity (Wildman–Crippen MR) is 38.3 cm³/mol. The molecule has 0 radical (unpaired) electrons. The fourth-order valence-electron chi connectivity index (χ4n) is 0.305. The highest BCUT2D eigenvalue weighted by molar-refractivity contribution is 6.56. The molecular formula is C6H5ClO4. The van der Waals surface area contributed by atoms with E-state index in [2.05, 4.69) is 0 Å². The van der Waals surface area contributed by atoms with E-state index < -0.39 is 16.8 Å². The Morgan fingerprint density at radius 1 is 1.36 bits per heavy atom. The van der Waals surface area contributed by atoms with E-state index in [1.807, 2.05) is 0 Å². The summed E-state index contributed by atoms with van der Waals surface area (Å²) in [5.74, 6) is -2.83. The second kappa shape index (κ2) is 4.51. The van der Waals surface area contributed by atoms with Crippen LogP contribution in [-0.4, -0.2) is 22.0 Å². The molecule has 0 amide bonds. The molecule has 0 aromatic heterocycles. The zero-order valence-corrected chi connectivity index (χ0v) is 6.08. The van der Waals surface area contributed by atoms with Crippen LogP contribution in [0.4, 0.5) is 0 Å². The molecule has 0 heterocycles. The van der Waals surface area contributed by atoms with Crippen molar-refractivity contribution in [1.82, 2.24) is 0 Å². The summed E-state index contributed by atoms with van der Waals surface area (Å²) in [5.41, 5.74) is 0.